The predicted octanol–water partition coefficient (Wildman–Crippen LogP) is 5.59. The fourth-order valence-electron chi connectivity index (χ4n) is 3.85. The highest BCUT2D eigenvalue weighted by atomic mass is 35.5. The van der Waals surface area contributed by atoms with Crippen LogP contribution in [-0.2, 0) is 10.0 Å². The maximum atomic E-state index is 13.4. The molecule has 2 aromatic carbocycles. The zero-order valence-electron chi connectivity index (χ0n) is 16.9. The lowest BCUT2D eigenvalue weighted by atomic mass is 9.78. The third-order valence-corrected chi connectivity index (χ3v) is 7.44. The molecule has 0 N–H and O–H groups in total. The number of alkyl halides is 3. The molecule has 0 aliphatic carbocycles. The van der Waals surface area contributed by atoms with Gasteiger partial charge >= 0.3 is 6.18 Å². The highest BCUT2D eigenvalue weighted by Gasteiger charge is 2.50. The first-order valence-corrected chi connectivity index (χ1v) is 11.2. The zero-order chi connectivity index (χ0) is 23.0. The fourth-order valence-corrected chi connectivity index (χ4v) is 5.50. The number of allylic oxidation sites excluding steroid dienone is 1. The van der Waals surface area contributed by atoms with Crippen LogP contribution in [0.5, 0.6) is 0 Å². The molecular formula is C22H20ClF3N2O2S. The average Bonchev–Trinajstić information content (AvgIpc) is 3.00. The van der Waals surface area contributed by atoms with Crippen LogP contribution in [0.2, 0.25) is 5.02 Å². The molecule has 9 heteroatoms. The van der Waals surface area contributed by atoms with Gasteiger partial charge < -0.3 is 0 Å². The van der Waals surface area contributed by atoms with Gasteiger partial charge in [0.25, 0.3) is 0 Å². The summed E-state index contributed by atoms with van der Waals surface area (Å²) >= 11 is 5.89. The van der Waals surface area contributed by atoms with Crippen molar-refractivity contribution in [2.75, 3.05) is 13.1 Å². The summed E-state index contributed by atoms with van der Waals surface area (Å²) in [6, 6.07) is 14.2. The second kappa shape index (κ2) is 8.30. The van der Waals surface area contributed by atoms with E-state index in [0.29, 0.717) is 10.6 Å². The lowest BCUT2D eigenvalue weighted by Gasteiger charge is -2.28. The fraction of sp³-hybridized carbons (Fsp3) is 0.318. The number of halogens is 4. The number of nitriles is 1. The summed E-state index contributed by atoms with van der Waals surface area (Å²) in [6.07, 6.45) is -5.78. The van der Waals surface area contributed by atoms with E-state index in [4.69, 9.17) is 11.6 Å². The van der Waals surface area contributed by atoms with Crippen molar-refractivity contribution in [3.05, 3.63) is 70.3 Å². The Morgan fingerprint density at radius 3 is 2.26 bits per heavy atom. The predicted molar refractivity (Wildman–Crippen MR) is 113 cm³/mol. The van der Waals surface area contributed by atoms with Crippen molar-refractivity contribution >= 4 is 27.2 Å². The van der Waals surface area contributed by atoms with Gasteiger partial charge in [0.15, 0.2) is 0 Å². The number of hydrogen-bond acceptors (Lipinski definition) is 3. The third kappa shape index (κ3) is 4.95. The highest BCUT2D eigenvalue weighted by molar-refractivity contribution is 7.89. The lowest BCUT2D eigenvalue weighted by Crippen LogP contribution is -2.33. The highest BCUT2D eigenvalue weighted by Crippen LogP contribution is 2.48. The van der Waals surface area contributed by atoms with Gasteiger partial charge in [-0.1, -0.05) is 48.4 Å². The van der Waals surface area contributed by atoms with Crippen molar-refractivity contribution in [2.45, 2.75) is 31.3 Å². The Hall–Kier alpha value is -2.34. The Morgan fingerprint density at radius 2 is 1.74 bits per heavy atom. The lowest BCUT2D eigenvalue weighted by molar-refractivity contribution is -0.150. The van der Waals surface area contributed by atoms with Gasteiger partial charge in [-0.3, -0.25) is 0 Å². The summed E-state index contributed by atoms with van der Waals surface area (Å²) < 4.78 is 67.7. The molecule has 164 valence electrons. The number of rotatable bonds is 4. The summed E-state index contributed by atoms with van der Waals surface area (Å²) in [5.41, 5.74) is -0.154. The van der Waals surface area contributed by atoms with Crippen LogP contribution in [0.3, 0.4) is 0 Å². The average molecular weight is 469 g/mol. The summed E-state index contributed by atoms with van der Waals surface area (Å²) in [7, 11) is -4.04. The zero-order valence-corrected chi connectivity index (χ0v) is 18.4. The van der Waals surface area contributed by atoms with Crippen LogP contribution in [0.4, 0.5) is 13.2 Å². The minimum Gasteiger partial charge on any atom is -0.207 e. The smallest absolute Gasteiger partial charge is 0.207 e. The van der Waals surface area contributed by atoms with E-state index >= 15 is 0 Å². The van der Waals surface area contributed by atoms with Gasteiger partial charge in [-0.05, 0) is 42.3 Å². The largest absolute Gasteiger partial charge is 0.390 e. The normalized spacial score (nSPS) is 21.7. The molecule has 1 aliphatic rings. The molecule has 1 heterocycles. The molecule has 1 fully saturated rings. The quantitative estimate of drug-likeness (QED) is 0.549. The van der Waals surface area contributed by atoms with Gasteiger partial charge in [-0.2, -0.15) is 22.7 Å². The molecule has 1 saturated heterocycles. The molecule has 0 spiro atoms. The Bertz CT molecular complexity index is 1150. The Labute approximate surface area is 184 Å². The summed E-state index contributed by atoms with van der Waals surface area (Å²) in [6.45, 7) is 2.48. The summed E-state index contributed by atoms with van der Waals surface area (Å²) in [4.78, 5) is -0.00120. The van der Waals surface area contributed by atoms with Crippen LogP contribution in [0.1, 0.15) is 24.5 Å². The molecule has 0 saturated carbocycles. The Morgan fingerprint density at radius 1 is 1.16 bits per heavy atom. The second-order valence-electron chi connectivity index (χ2n) is 7.91. The van der Waals surface area contributed by atoms with E-state index in [-0.39, 0.29) is 29.1 Å². The van der Waals surface area contributed by atoms with E-state index < -0.39 is 28.0 Å². The van der Waals surface area contributed by atoms with Gasteiger partial charge in [-0.25, -0.2) is 8.42 Å². The Balaban J connectivity index is 2.13. The van der Waals surface area contributed by atoms with E-state index in [1.165, 1.54) is 31.2 Å². The monoisotopic (exact) mass is 468 g/mol. The van der Waals surface area contributed by atoms with Crippen LogP contribution in [0.15, 0.2) is 59.0 Å². The Kier molecular flexibility index (Phi) is 6.25. The molecule has 0 amide bonds. The molecule has 1 aliphatic heterocycles. The van der Waals surface area contributed by atoms with Crippen molar-refractivity contribution in [3.8, 4) is 6.07 Å². The van der Waals surface area contributed by atoms with Crippen molar-refractivity contribution in [2.24, 2.45) is 5.41 Å². The van der Waals surface area contributed by atoms with E-state index in [1.54, 1.807) is 31.2 Å². The molecule has 0 aromatic heterocycles. The summed E-state index contributed by atoms with van der Waals surface area (Å²) in [5, 5.41) is 10.2. The number of nitrogens with zero attached hydrogens (tertiary/aromatic N) is 2. The van der Waals surface area contributed by atoms with Gasteiger partial charge in [0.2, 0.25) is 10.0 Å². The van der Waals surface area contributed by atoms with Crippen molar-refractivity contribution in [3.63, 3.8) is 0 Å². The maximum absolute atomic E-state index is 13.4. The number of hydrogen-bond donors (Lipinski definition) is 0. The first kappa shape index (κ1) is 23.3. The molecule has 3 rings (SSSR count). The SMILES string of the molecule is Cc1ccc(S(=O)(=O)N2C/C(=C(/C#N)c3ccc(Cl)cc3)C(C)(CC(F)(F)F)C2)cc1. The number of aryl methyl sites for hydroxylation is 1. The molecule has 0 bridgehead atoms. The first-order valence-electron chi connectivity index (χ1n) is 9.39. The standard InChI is InChI=1S/C22H20ClF3N2O2S/c1-15-3-9-18(10-4-15)31(29,30)28-12-20(21(2,14-28)13-22(24,25)26)19(11-27)16-5-7-17(23)8-6-16/h3-10H,12-14H2,1-2H3/b20-19+. The van der Waals surface area contributed by atoms with Crippen LogP contribution in [0.25, 0.3) is 5.57 Å². The number of benzene rings is 2. The van der Waals surface area contributed by atoms with E-state index in [1.807, 2.05) is 6.07 Å². The maximum Gasteiger partial charge on any atom is 0.390 e. The number of sulfonamides is 1. The van der Waals surface area contributed by atoms with Gasteiger partial charge in [-0.15, -0.1) is 0 Å². The second-order valence-corrected chi connectivity index (χ2v) is 10.3. The van der Waals surface area contributed by atoms with E-state index in [0.717, 1.165) is 9.87 Å². The van der Waals surface area contributed by atoms with Crippen LogP contribution < -0.4 is 0 Å². The molecule has 2 aromatic rings. The van der Waals surface area contributed by atoms with Crippen molar-refractivity contribution in [1.29, 1.82) is 5.26 Å². The van der Waals surface area contributed by atoms with Crippen molar-refractivity contribution < 1.29 is 21.6 Å². The summed E-state index contributed by atoms with van der Waals surface area (Å²) in [5.74, 6) is 0. The minimum absolute atomic E-state index is 0.00120. The van der Waals surface area contributed by atoms with Gasteiger partial charge in [0.05, 0.1) is 23.0 Å². The van der Waals surface area contributed by atoms with E-state index in [2.05, 4.69) is 0 Å². The molecule has 1 unspecified atom stereocenters. The van der Waals surface area contributed by atoms with Gasteiger partial charge in [0.1, 0.15) is 0 Å². The molecule has 0 radical (unpaired) electrons. The molecule has 4 nitrogen and oxygen atoms in total. The van der Waals surface area contributed by atoms with E-state index in [9.17, 15) is 26.9 Å². The van der Waals surface area contributed by atoms with Crippen LogP contribution in [0, 0.1) is 23.7 Å². The first-order chi connectivity index (χ1) is 14.4. The molecule has 31 heavy (non-hydrogen) atoms. The minimum atomic E-state index is -4.54. The topological polar surface area (TPSA) is 61.2 Å². The molecule has 1 atom stereocenters. The van der Waals surface area contributed by atoms with Gasteiger partial charge in [0, 0.05) is 23.5 Å². The molecular weight excluding hydrogens is 449 g/mol. The van der Waals surface area contributed by atoms with Crippen molar-refractivity contribution in [1.82, 2.24) is 4.31 Å². The third-order valence-electron chi connectivity index (χ3n) is 5.38. The van der Waals surface area contributed by atoms with Crippen LogP contribution in [-0.4, -0.2) is 32.0 Å². The van der Waals surface area contributed by atoms with Crippen LogP contribution >= 0.6 is 11.6 Å².